The summed E-state index contributed by atoms with van der Waals surface area (Å²) in [5, 5.41) is 11.9. The van der Waals surface area contributed by atoms with Crippen molar-refractivity contribution in [2.45, 2.75) is 13.2 Å². The minimum absolute atomic E-state index is 0.0972. The number of cyclic esters (lactones) is 1. The van der Waals surface area contributed by atoms with Crippen LogP contribution in [0.5, 0.6) is 5.75 Å². The lowest BCUT2D eigenvalue weighted by Gasteiger charge is -2.14. The molecule has 0 saturated carbocycles. The van der Waals surface area contributed by atoms with Crippen molar-refractivity contribution in [2.24, 2.45) is 0 Å². The standard InChI is InChI=1S/C23H19N3O5/c24-13-17-5-1-2-7-20(17)30-15-19-8-9-21(31-19)22(27)25-14-16-4-3-6-18(12-16)26-10-11-29-23(26)28/h1-9,12H,10-11,14-15H2,(H,25,27). The maximum absolute atomic E-state index is 12.4. The third kappa shape index (κ3) is 4.67. The number of benzene rings is 2. The van der Waals surface area contributed by atoms with E-state index in [0.29, 0.717) is 30.2 Å². The van der Waals surface area contributed by atoms with Gasteiger partial charge in [-0.25, -0.2) is 4.79 Å². The Kier molecular flexibility index (Phi) is 5.85. The molecule has 0 unspecified atom stereocenters. The Balaban J connectivity index is 1.33. The Bertz CT molecular complexity index is 1150. The van der Waals surface area contributed by atoms with Crippen LogP contribution in [0.15, 0.2) is 65.1 Å². The van der Waals surface area contributed by atoms with E-state index in [2.05, 4.69) is 11.4 Å². The minimum atomic E-state index is -0.371. The zero-order chi connectivity index (χ0) is 21.6. The summed E-state index contributed by atoms with van der Waals surface area (Å²) < 4.78 is 16.1. The van der Waals surface area contributed by atoms with Gasteiger partial charge in [0.15, 0.2) is 5.76 Å². The van der Waals surface area contributed by atoms with E-state index < -0.39 is 0 Å². The topological polar surface area (TPSA) is 105 Å². The van der Waals surface area contributed by atoms with Crippen LogP contribution in [0, 0.1) is 11.3 Å². The van der Waals surface area contributed by atoms with Crippen LogP contribution >= 0.6 is 0 Å². The number of ether oxygens (including phenoxy) is 2. The van der Waals surface area contributed by atoms with Crippen LogP contribution in [0.4, 0.5) is 10.5 Å². The second-order valence-electron chi connectivity index (χ2n) is 6.78. The van der Waals surface area contributed by atoms with Gasteiger partial charge in [0.05, 0.1) is 12.1 Å². The fourth-order valence-corrected chi connectivity index (χ4v) is 3.14. The SMILES string of the molecule is N#Cc1ccccc1OCc1ccc(C(=O)NCc2cccc(N3CCOC3=O)c2)o1. The molecule has 1 aliphatic heterocycles. The summed E-state index contributed by atoms with van der Waals surface area (Å²) in [5.41, 5.74) is 1.99. The molecule has 2 aromatic carbocycles. The predicted octanol–water partition coefficient (Wildman–Crippen LogP) is 3.62. The van der Waals surface area contributed by atoms with Crippen LogP contribution in [0.2, 0.25) is 0 Å². The largest absolute Gasteiger partial charge is 0.484 e. The van der Waals surface area contributed by atoms with Crippen LogP contribution < -0.4 is 15.0 Å². The highest BCUT2D eigenvalue weighted by Crippen LogP contribution is 2.21. The highest BCUT2D eigenvalue weighted by atomic mass is 16.6. The Morgan fingerprint density at radius 1 is 1.16 bits per heavy atom. The zero-order valence-corrected chi connectivity index (χ0v) is 16.5. The lowest BCUT2D eigenvalue weighted by molar-refractivity contribution is 0.0919. The van der Waals surface area contributed by atoms with Gasteiger partial charge in [-0.15, -0.1) is 0 Å². The molecule has 2 amide bonds. The van der Waals surface area contributed by atoms with Gasteiger partial charge in [-0.05, 0) is 42.0 Å². The number of para-hydroxylation sites is 1. The first-order chi connectivity index (χ1) is 15.1. The van der Waals surface area contributed by atoms with Crippen molar-refractivity contribution in [2.75, 3.05) is 18.1 Å². The molecule has 8 heteroatoms. The van der Waals surface area contributed by atoms with E-state index >= 15 is 0 Å². The molecule has 0 aliphatic carbocycles. The van der Waals surface area contributed by atoms with Gasteiger partial charge in [0.2, 0.25) is 0 Å². The number of carbonyl (C=O) groups is 2. The smallest absolute Gasteiger partial charge is 0.414 e. The van der Waals surface area contributed by atoms with Gasteiger partial charge in [-0.1, -0.05) is 24.3 Å². The first-order valence-electron chi connectivity index (χ1n) is 9.66. The Labute approximate surface area is 178 Å². The fourth-order valence-electron chi connectivity index (χ4n) is 3.14. The van der Waals surface area contributed by atoms with Gasteiger partial charge in [0.25, 0.3) is 5.91 Å². The lowest BCUT2D eigenvalue weighted by Crippen LogP contribution is -2.24. The number of amides is 2. The van der Waals surface area contributed by atoms with Crippen molar-refractivity contribution < 1.29 is 23.5 Å². The summed E-state index contributed by atoms with van der Waals surface area (Å²) in [5.74, 6) is 0.711. The number of nitrogens with zero attached hydrogens (tertiary/aromatic N) is 2. The number of hydrogen-bond acceptors (Lipinski definition) is 6. The molecule has 0 bridgehead atoms. The number of anilines is 1. The molecule has 1 aromatic heterocycles. The van der Waals surface area contributed by atoms with E-state index in [1.54, 1.807) is 41.3 Å². The molecular formula is C23H19N3O5. The normalized spacial score (nSPS) is 12.9. The molecule has 8 nitrogen and oxygen atoms in total. The quantitative estimate of drug-likeness (QED) is 0.630. The molecule has 156 valence electrons. The Hall–Kier alpha value is -4.25. The van der Waals surface area contributed by atoms with Gasteiger partial charge in [0.1, 0.15) is 30.8 Å². The van der Waals surface area contributed by atoms with E-state index in [0.717, 1.165) is 11.3 Å². The molecule has 4 rings (SSSR count). The van der Waals surface area contributed by atoms with E-state index in [9.17, 15) is 9.59 Å². The molecular weight excluding hydrogens is 398 g/mol. The molecule has 2 heterocycles. The maximum Gasteiger partial charge on any atom is 0.414 e. The van der Waals surface area contributed by atoms with E-state index in [-0.39, 0.29) is 30.9 Å². The molecule has 0 radical (unpaired) electrons. The van der Waals surface area contributed by atoms with Crippen molar-refractivity contribution in [3.63, 3.8) is 0 Å². The summed E-state index contributed by atoms with van der Waals surface area (Å²) in [4.78, 5) is 25.7. The van der Waals surface area contributed by atoms with Crippen molar-refractivity contribution in [1.82, 2.24) is 5.32 Å². The van der Waals surface area contributed by atoms with Crippen molar-refractivity contribution >= 4 is 17.7 Å². The van der Waals surface area contributed by atoms with Crippen molar-refractivity contribution in [3.8, 4) is 11.8 Å². The van der Waals surface area contributed by atoms with Crippen LogP contribution in [0.25, 0.3) is 0 Å². The number of carbonyl (C=O) groups excluding carboxylic acids is 2. The summed E-state index contributed by atoms with van der Waals surface area (Å²) in [6.07, 6.45) is -0.371. The summed E-state index contributed by atoms with van der Waals surface area (Å²) in [7, 11) is 0. The highest BCUT2D eigenvalue weighted by Gasteiger charge is 2.23. The second kappa shape index (κ2) is 9.05. The molecule has 0 spiro atoms. The van der Waals surface area contributed by atoms with Gasteiger partial charge in [-0.2, -0.15) is 5.26 Å². The van der Waals surface area contributed by atoms with Gasteiger partial charge in [0, 0.05) is 12.2 Å². The first kappa shape index (κ1) is 20.0. The van der Waals surface area contributed by atoms with Crippen molar-refractivity contribution in [1.29, 1.82) is 5.26 Å². The number of rotatable bonds is 7. The monoisotopic (exact) mass is 417 g/mol. The molecule has 3 aromatic rings. The number of hydrogen-bond donors (Lipinski definition) is 1. The van der Waals surface area contributed by atoms with Gasteiger partial charge in [-0.3, -0.25) is 9.69 Å². The van der Waals surface area contributed by atoms with E-state index in [1.807, 2.05) is 24.3 Å². The first-order valence-corrected chi connectivity index (χ1v) is 9.66. The molecule has 31 heavy (non-hydrogen) atoms. The number of nitrogens with one attached hydrogen (secondary N) is 1. The molecule has 1 N–H and O–H groups in total. The summed E-state index contributed by atoms with van der Waals surface area (Å²) in [6.45, 7) is 1.24. The average Bonchev–Trinajstić information content (AvgIpc) is 3.45. The van der Waals surface area contributed by atoms with Crippen LogP contribution in [-0.4, -0.2) is 25.2 Å². The maximum atomic E-state index is 12.4. The highest BCUT2D eigenvalue weighted by molar-refractivity contribution is 5.91. The number of nitriles is 1. The van der Waals surface area contributed by atoms with Crippen molar-refractivity contribution in [3.05, 3.63) is 83.3 Å². The molecule has 0 atom stereocenters. The summed E-state index contributed by atoms with van der Waals surface area (Å²) in [6, 6.07) is 19.5. The van der Waals surface area contributed by atoms with Crippen LogP contribution in [0.3, 0.4) is 0 Å². The predicted molar refractivity (Wildman–Crippen MR) is 111 cm³/mol. The third-order valence-electron chi connectivity index (χ3n) is 4.70. The minimum Gasteiger partial charge on any atom is -0.484 e. The van der Waals surface area contributed by atoms with E-state index in [1.165, 1.54) is 0 Å². The van der Waals surface area contributed by atoms with Gasteiger partial charge < -0.3 is 19.2 Å². The third-order valence-corrected chi connectivity index (χ3v) is 4.70. The van der Waals surface area contributed by atoms with Crippen LogP contribution in [-0.2, 0) is 17.9 Å². The van der Waals surface area contributed by atoms with E-state index in [4.69, 9.17) is 19.2 Å². The lowest BCUT2D eigenvalue weighted by atomic mass is 10.2. The Morgan fingerprint density at radius 2 is 2.03 bits per heavy atom. The molecule has 1 saturated heterocycles. The fraction of sp³-hybridized carbons (Fsp3) is 0.174. The average molecular weight is 417 g/mol. The van der Waals surface area contributed by atoms with Crippen LogP contribution in [0.1, 0.15) is 27.4 Å². The second-order valence-corrected chi connectivity index (χ2v) is 6.78. The molecule has 1 aliphatic rings. The zero-order valence-electron chi connectivity index (χ0n) is 16.5. The Morgan fingerprint density at radius 3 is 2.84 bits per heavy atom. The number of furan rings is 1. The summed E-state index contributed by atoms with van der Waals surface area (Å²) >= 11 is 0. The van der Waals surface area contributed by atoms with Gasteiger partial charge >= 0.3 is 6.09 Å². The molecule has 1 fully saturated rings.